The zero-order chi connectivity index (χ0) is 12.7. The van der Waals surface area contributed by atoms with Gasteiger partial charge >= 0.3 is 0 Å². The fourth-order valence-corrected chi connectivity index (χ4v) is 1.95. The third-order valence-corrected chi connectivity index (χ3v) is 2.77. The van der Waals surface area contributed by atoms with Crippen LogP contribution in [-0.4, -0.2) is 24.4 Å². The van der Waals surface area contributed by atoms with Crippen LogP contribution in [0.15, 0.2) is 24.4 Å². The van der Waals surface area contributed by atoms with Crippen molar-refractivity contribution >= 4 is 5.65 Å². The van der Waals surface area contributed by atoms with E-state index in [9.17, 15) is 0 Å². The first kappa shape index (κ1) is 10.5. The molecule has 0 bridgehead atoms. The molecular weight excluding hydrogens is 228 g/mol. The van der Waals surface area contributed by atoms with E-state index in [1.54, 1.807) is 23.0 Å². The maximum atomic E-state index is 8.85. The van der Waals surface area contributed by atoms with Crippen molar-refractivity contribution in [3.05, 3.63) is 35.7 Å². The first-order valence-electron chi connectivity index (χ1n) is 5.45. The second-order valence-electron chi connectivity index (χ2n) is 4.07. The number of hydrogen-bond donors (Lipinski definition) is 0. The molecule has 0 spiro atoms. The van der Waals surface area contributed by atoms with Gasteiger partial charge in [-0.05, 0) is 19.1 Å². The summed E-state index contributed by atoms with van der Waals surface area (Å²) >= 11 is 0. The van der Waals surface area contributed by atoms with Crippen LogP contribution in [-0.2, 0) is 7.05 Å². The van der Waals surface area contributed by atoms with Crippen molar-refractivity contribution in [2.45, 2.75) is 6.92 Å². The lowest BCUT2D eigenvalue weighted by Gasteiger charge is -1.99. The molecule has 0 atom stereocenters. The van der Waals surface area contributed by atoms with E-state index in [-0.39, 0.29) is 0 Å². The fraction of sp³-hybridized carbons (Fsp3) is 0.167. The Morgan fingerprint density at radius 1 is 1.28 bits per heavy atom. The summed E-state index contributed by atoms with van der Waals surface area (Å²) in [5.74, 6) is 0.720. The number of hydrogen-bond acceptors (Lipinski definition) is 4. The molecule has 0 unspecified atom stereocenters. The normalized spacial score (nSPS) is 10.7. The molecule has 3 heterocycles. The molecule has 0 aliphatic heterocycles. The first-order chi connectivity index (χ1) is 8.69. The van der Waals surface area contributed by atoms with Crippen molar-refractivity contribution in [1.29, 1.82) is 5.26 Å². The molecule has 18 heavy (non-hydrogen) atoms. The number of pyridine rings is 1. The number of fused-ring (bicyclic) bond motifs is 1. The molecule has 6 heteroatoms. The van der Waals surface area contributed by atoms with Crippen LogP contribution in [0.5, 0.6) is 0 Å². The van der Waals surface area contributed by atoms with Crippen molar-refractivity contribution in [3.8, 4) is 17.6 Å². The van der Waals surface area contributed by atoms with E-state index >= 15 is 0 Å². The monoisotopic (exact) mass is 238 g/mol. The highest BCUT2D eigenvalue weighted by atomic mass is 15.3. The van der Waals surface area contributed by atoms with Gasteiger partial charge in [0.15, 0.2) is 11.5 Å². The largest absolute Gasteiger partial charge is 0.281 e. The number of rotatable bonds is 1. The van der Waals surface area contributed by atoms with Crippen molar-refractivity contribution in [2.75, 3.05) is 0 Å². The van der Waals surface area contributed by atoms with Gasteiger partial charge in [0.05, 0.1) is 17.3 Å². The van der Waals surface area contributed by atoms with Gasteiger partial charge in [-0.3, -0.25) is 9.08 Å². The molecule has 0 radical (unpaired) electrons. The van der Waals surface area contributed by atoms with Gasteiger partial charge in [0.1, 0.15) is 5.69 Å². The number of aryl methyl sites for hydroxylation is 2. The van der Waals surface area contributed by atoms with Crippen LogP contribution in [0.1, 0.15) is 11.3 Å². The van der Waals surface area contributed by atoms with Gasteiger partial charge in [0, 0.05) is 19.3 Å². The van der Waals surface area contributed by atoms with Gasteiger partial charge in [0.25, 0.3) is 0 Å². The lowest BCUT2D eigenvalue weighted by Crippen LogP contribution is -1.97. The summed E-state index contributed by atoms with van der Waals surface area (Å²) in [5, 5.41) is 21.4. The van der Waals surface area contributed by atoms with Gasteiger partial charge in [0.2, 0.25) is 0 Å². The summed E-state index contributed by atoms with van der Waals surface area (Å²) in [5.41, 5.74) is 3.05. The Bertz CT molecular complexity index is 774. The molecular formula is C12H10N6. The van der Waals surface area contributed by atoms with E-state index in [1.807, 2.05) is 24.4 Å². The van der Waals surface area contributed by atoms with Crippen molar-refractivity contribution in [3.63, 3.8) is 0 Å². The molecule has 3 aromatic heterocycles. The second kappa shape index (κ2) is 3.67. The Morgan fingerprint density at radius 2 is 2.11 bits per heavy atom. The molecule has 3 rings (SSSR count). The molecule has 88 valence electrons. The highest BCUT2D eigenvalue weighted by molar-refractivity contribution is 5.57. The van der Waals surface area contributed by atoms with Crippen LogP contribution in [0.2, 0.25) is 0 Å². The minimum absolute atomic E-state index is 0.572. The predicted molar refractivity (Wildman–Crippen MR) is 64.6 cm³/mol. The second-order valence-corrected chi connectivity index (χ2v) is 4.07. The fourth-order valence-electron chi connectivity index (χ4n) is 1.95. The van der Waals surface area contributed by atoms with E-state index in [1.165, 1.54) is 0 Å². The average molecular weight is 238 g/mol. The molecule has 0 aliphatic rings. The lowest BCUT2D eigenvalue weighted by molar-refractivity contribution is 0.757. The van der Waals surface area contributed by atoms with E-state index < -0.39 is 0 Å². The smallest absolute Gasteiger partial charge is 0.186 e. The highest BCUT2D eigenvalue weighted by Gasteiger charge is 2.12. The van der Waals surface area contributed by atoms with Gasteiger partial charge in [-0.2, -0.15) is 10.4 Å². The molecule has 0 saturated heterocycles. The maximum absolute atomic E-state index is 8.85. The quantitative estimate of drug-likeness (QED) is 0.640. The van der Waals surface area contributed by atoms with Gasteiger partial charge < -0.3 is 0 Å². The Morgan fingerprint density at radius 3 is 2.78 bits per heavy atom. The van der Waals surface area contributed by atoms with Crippen LogP contribution >= 0.6 is 0 Å². The van der Waals surface area contributed by atoms with Crippen LogP contribution in [0.25, 0.3) is 17.2 Å². The van der Waals surface area contributed by atoms with E-state index in [2.05, 4.69) is 21.4 Å². The molecule has 3 aromatic rings. The number of nitrogens with zero attached hydrogens (tertiary/aromatic N) is 6. The topological polar surface area (TPSA) is 71.8 Å². The Balaban J connectivity index is 2.25. The number of nitriles is 1. The zero-order valence-corrected chi connectivity index (χ0v) is 9.99. The third-order valence-electron chi connectivity index (χ3n) is 2.77. The van der Waals surface area contributed by atoms with Crippen molar-refractivity contribution in [1.82, 2.24) is 24.4 Å². The van der Waals surface area contributed by atoms with Crippen LogP contribution in [0, 0.1) is 18.3 Å². The Labute approximate surface area is 103 Å². The minimum Gasteiger partial charge on any atom is -0.281 e. The lowest BCUT2D eigenvalue weighted by atomic mass is 10.3. The van der Waals surface area contributed by atoms with Gasteiger partial charge in [-0.1, -0.05) is 0 Å². The first-order valence-corrected chi connectivity index (χ1v) is 5.45. The zero-order valence-electron chi connectivity index (χ0n) is 9.99. The van der Waals surface area contributed by atoms with Gasteiger partial charge in [-0.15, -0.1) is 10.2 Å². The molecule has 0 aliphatic carbocycles. The Hall–Kier alpha value is -2.68. The molecule has 6 nitrogen and oxygen atoms in total. The summed E-state index contributed by atoms with van der Waals surface area (Å²) in [4.78, 5) is 0. The van der Waals surface area contributed by atoms with Gasteiger partial charge in [-0.25, -0.2) is 0 Å². The molecule has 0 N–H and O–H groups in total. The van der Waals surface area contributed by atoms with Crippen LogP contribution in [0.3, 0.4) is 0 Å². The molecule has 0 fully saturated rings. The van der Waals surface area contributed by atoms with Crippen molar-refractivity contribution < 1.29 is 0 Å². The molecule has 0 aromatic carbocycles. The summed E-state index contributed by atoms with van der Waals surface area (Å²) in [6, 6.07) is 7.49. The SMILES string of the molecule is Cc1cc(-c2nnc3cc(C#N)ccn23)n(C)n1. The molecule has 0 saturated carbocycles. The summed E-state index contributed by atoms with van der Waals surface area (Å²) in [7, 11) is 1.87. The highest BCUT2D eigenvalue weighted by Crippen LogP contribution is 2.19. The summed E-state index contributed by atoms with van der Waals surface area (Å²) in [6.45, 7) is 1.93. The van der Waals surface area contributed by atoms with Crippen LogP contribution in [0.4, 0.5) is 0 Å². The summed E-state index contributed by atoms with van der Waals surface area (Å²) < 4.78 is 3.61. The molecule has 0 amide bonds. The minimum atomic E-state index is 0.572. The average Bonchev–Trinajstić information content (AvgIpc) is 2.91. The predicted octanol–water partition coefficient (Wildman–Crippen LogP) is 1.31. The Kier molecular flexibility index (Phi) is 2.13. The van der Waals surface area contributed by atoms with Crippen LogP contribution < -0.4 is 0 Å². The summed E-state index contributed by atoms with van der Waals surface area (Å²) in [6.07, 6.45) is 1.80. The van der Waals surface area contributed by atoms with E-state index in [0.29, 0.717) is 11.2 Å². The standard InChI is InChI=1S/C12H10N6/c1-8-5-10(17(2)16-8)12-15-14-11-6-9(7-13)3-4-18(11)12/h3-6H,1-2H3. The number of aromatic nitrogens is 5. The van der Waals surface area contributed by atoms with E-state index in [4.69, 9.17) is 5.26 Å². The third kappa shape index (κ3) is 1.45. The maximum Gasteiger partial charge on any atom is 0.186 e. The van der Waals surface area contributed by atoms with Crippen molar-refractivity contribution in [2.24, 2.45) is 7.05 Å². The van der Waals surface area contributed by atoms with E-state index in [0.717, 1.165) is 17.2 Å².